The largest absolute Gasteiger partial charge is 0.476 e. The average Bonchev–Trinajstić information content (AvgIpc) is 2.34. The van der Waals surface area contributed by atoms with Gasteiger partial charge in [-0.2, -0.15) is 0 Å². The Hall–Kier alpha value is -2.02. The van der Waals surface area contributed by atoms with Gasteiger partial charge in [0.15, 0.2) is 5.69 Å². The molecule has 2 aromatic rings. The molecule has 92 valence electrons. The summed E-state index contributed by atoms with van der Waals surface area (Å²) in [4.78, 5) is 18.0. The highest BCUT2D eigenvalue weighted by atomic mass is 32.2. The summed E-state index contributed by atoms with van der Waals surface area (Å²) in [5, 5.41) is 8.91. The lowest BCUT2D eigenvalue weighted by atomic mass is 10.3. The van der Waals surface area contributed by atoms with Gasteiger partial charge in [0, 0.05) is 0 Å². The van der Waals surface area contributed by atoms with E-state index in [4.69, 9.17) is 5.11 Å². The Morgan fingerprint density at radius 1 is 1.22 bits per heavy atom. The van der Waals surface area contributed by atoms with E-state index in [1.165, 1.54) is 6.20 Å². The van der Waals surface area contributed by atoms with Crippen LogP contribution in [-0.2, 0) is 0 Å². The quantitative estimate of drug-likeness (QED) is 0.927. The highest BCUT2D eigenvalue weighted by Gasteiger charge is 2.09. The van der Waals surface area contributed by atoms with E-state index < -0.39 is 17.6 Å². The van der Waals surface area contributed by atoms with E-state index in [-0.39, 0.29) is 15.6 Å². The minimum atomic E-state index is -1.20. The summed E-state index contributed by atoms with van der Waals surface area (Å²) in [5.74, 6) is -2.34. The molecular weight excluding hydrogens is 262 g/mol. The maximum Gasteiger partial charge on any atom is 0.356 e. The van der Waals surface area contributed by atoms with Gasteiger partial charge in [0.05, 0.1) is 17.3 Å². The summed E-state index contributed by atoms with van der Waals surface area (Å²) in [5.41, 5.74) is -0.209. The standard InChI is InChI=1S/C11H6F2N2O2S/c12-6-1-2-7(13)9(3-6)18-10-5-14-8(4-15-10)11(16)17/h1-5H,(H,16,17). The summed E-state index contributed by atoms with van der Waals surface area (Å²) in [6.45, 7) is 0. The minimum absolute atomic E-state index is 0.0624. The molecule has 1 aromatic heterocycles. The Bertz CT molecular complexity index is 590. The van der Waals surface area contributed by atoms with Gasteiger partial charge in [0.25, 0.3) is 0 Å². The molecule has 0 unspecified atom stereocenters. The van der Waals surface area contributed by atoms with E-state index >= 15 is 0 Å². The monoisotopic (exact) mass is 268 g/mol. The van der Waals surface area contributed by atoms with Gasteiger partial charge in [-0.1, -0.05) is 11.8 Å². The molecule has 4 nitrogen and oxygen atoms in total. The van der Waals surface area contributed by atoms with Gasteiger partial charge in [-0.3, -0.25) is 0 Å². The van der Waals surface area contributed by atoms with Crippen molar-refractivity contribution >= 4 is 17.7 Å². The van der Waals surface area contributed by atoms with Gasteiger partial charge in [-0.05, 0) is 18.2 Å². The molecule has 0 saturated carbocycles. The second-order valence-electron chi connectivity index (χ2n) is 3.22. The number of hydrogen-bond donors (Lipinski definition) is 1. The zero-order chi connectivity index (χ0) is 13.1. The SMILES string of the molecule is O=C(O)c1cnc(Sc2cc(F)ccc2F)cn1. The molecule has 0 atom stereocenters. The highest BCUT2D eigenvalue weighted by molar-refractivity contribution is 7.99. The number of carbonyl (C=O) groups is 1. The molecule has 1 aromatic carbocycles. The Morgan fingerprint density at radius 2 is 2.00 bits per heavy atom. The summed E-state index contributed by atoms with van der Waals surface area (Å²) >= 11 is 0.867. The van der Waals surface area contributed by atoms with E-state index in [1.807, 2.05) is 0 Å². The third kappa shape index (κ3) is 2.80. The number of hydrogen-bond acceptors (Lipinski definition) is 4. The zero-order valence-corrected chi connectivity index (χ0v) is 9.62. The third-order valence-corrected chi connectivity index (χ3v) is 2.91. The van der Waals surface area contributed by atoms with Crippen LogP contribution in [0.3, 0.4) is 0 Å². The van der Waals surface area contributed by atoms with Gasteiger partial charge in [-0.25, -0.2) is 23.5 Å². The van der Waals surface area contributed by atoms with Crippen LogP contribution < -0.4 is 0 Å². The summed E-state index contributed by atoms with van der Waals surface area (Å²) in [7, 11) is 0. The second kappa shape index (κ2) is 5.09. The highest BCUT2D eigenvalue weighted by Crippen LogP contribution is 2.28. The van der Waals surface area contributed by atoms with E-state index in [0.717, 1.165) is 36.2 Å². The van der Waals surface area contributed by atoms with Crippen molar-refractivity contribution in [3.63, 3.8) is 0 Å². The maximum absolute atomic E-state index is 13.3. The van der Waals surface area contributed by atoms with Crippen LogP contribution >= 0.6 is 11.8 Å². The summed E-state index contributed by atoms with van der Waals surface area (Å²) < 4.78 is 26.3. The molecule has 0 saturated heterocycles. The molecule has 1 heterocycles. The average molecular weight is 268 g/mol. The van der Waals surface area contributed by atoms with Crippen molar-refractivity contribution < 1.29 is 18.7 Å². The maximum atomic E-state index is 13.3. The molecule has 7 heteroatoms. The second-order valence-corrected chi connectivity index (χ2v) is 4.28. The lowest BCUT2D eigenvalue weighted by molar-refractivity contribution is 0.0689. The first-order valence-corrected chi connectivity index (χ1v) is 5.56. The van der Waals surface area contributed by atoms with Crippen molar-refractivity contribution in [1.82, 2.24) is 9.97 Å². The van der Waals surface area contributed by atoms with Gasteiger partial charge in [0.1, 0.15) is 16.7 Å². The van der Waals surface area contributed by atoms with Crippen LogP contribution in [0.1, 0.15) is 10.5 Å². The first-order valence-electron chi connectivity index (χ1n) is 4.74. The molecule has 0 aliphatic rings. The molecule has 18 heavy (non-hydrogen) atoms. The van der Waals surface area contributed by atoms with Gasteiger partial charge >= 0.3 is 5.97 Å². The smallest absolute Gasteiger partial charge is 0.356 e. The van der Waals surface area contributed by atoms with Crippen LogP contribution in [-0.4, -0.2) is 21.0 Å². The number of nitrogens with zero attached hydrogens (tertiary/aromatic N) is 2. The Kier molecular flexibility index (Phi) is 3.52. The van der Waals surface area contributed by atoms with Crippen molar-refractivity contribution in [2.75, 3.05) is 0 Å². The number of carboxylic acid groups (broad SMARTS) is 1. The van der Waals surface area contributed by atoms with E-state index in [1.54, 1.807) is 0 Å². The van der Waals surface area contributed by atoms with Gasteiger partial charge < -0.3 is 5.11 Å². The number of carboxylic acids is 1. The molecule has 0 spiro atoms. The first kappa shape index (κ1) is 12.4. The lowest BCUT2D eigenvalue weighted by Crippen LogP contribution is -2.00. The Morgan fingerprint density at radius 3 is 2.61 bits per heavy atom. The molecule has 1 N–H and O–H groups in total. The van der Waals surface area contributed by atoms with Crippen LogP contribution in [0.4, 0.5) is 8.78 Å². The van der Waals surface area contributed by atoms with Gasteiger partial charge in [-0.15, -0.1) is 0 Å². The fourth-order valence-corrected chi connectivity index (χ4v) is 1.92. The van der Waals surface area contributed by atoms with Crippen LogP contribution in [0.5, 0.6) is 0 Å². The Labute approximate surface area is 105 Å². The molecule has 0 aliphatic carbocycles. The fraction of sp³-hybridized carbons (Fsp3) is 0. The summed E-state index contributed by atoms with van der Waals surface area (Å²) in [6, 6.07) is 3.06. The minimum Gasteiger partial charge on any atom is -0.476 e. The lowest BCUT2D eigenvalue weighted by Gasteiger charge is -2.02. The number of aromatic carboxylic acids is 1. The van der Waals surface area contributed by atoms with Crippen molar-refractivity contribution in [3.8, 4) is 0 Å². The number of rotatable bonds is 3. The number of aromatic nitrogens is 2. The van der Waals surface area contributed by atoms with Crippen molar-refractivity contribution in [3.05, 3.63) is 47.9 Å². The molecule has 0 bridgehead atoms. The molecule has 2 rings (SSSR count). The topological polar surface area (TPSA) is 63.1 Å². The molecule has 0 radical (unpaired) electrons. The number of benzene rings is 1. The zero-order valence-electron chi connectivity index (χ0n) is 8.80. The van der Waals surface area contributed by atoms with Gasteiger partial charge in [0.2, 0.25) is 0 Å². The predicted octanol–water partition coefficient (Wildman–Crippen LogP) is 2.60. The molecule has 0 fully saturated rings. The van der Waals surface area contributed by atoms with Crippen LogP contribution in [0.2, 0.25) is 0 Å². The summed E-state index contributed by atoms with van der Waals surface area (Å²) in [6.07, 6.45) is 2.25. The Balaban J connectivity index is 2.23. The van der Waals surface area contributed by atoms with Crippen molar-refractivity contribution in [1.29, 1.82) is 0 Å². The normalized spacial score (nSPS) is 10.3. The van der Waals surface area contributed by atoms with E-state index in [2.05, 4.69) is 9.97 Å². The molecule has 0 aliphatic heterocycles. The van der Waals surface area contributed by atoms with Crippen molar-refractivity contribution in [2.45, 2.75) is 9.92 Å². The van der Waals surface area contributed by atoms with Crippen LogP contribution in [0, 0.1) is 11.6 Å². The molecule has 0 amide bonds. The predicted molar refractivity (Wildman–Crippen MR) is 59.5 cm³/mol. The van der Waals surface area contributed by atoms with Crippen LogP contribution in [0.25, 0.3) is 0 Å². The number of halogens is 2. The van der Waals surface area contributed by atoms with Crippen LogP contribution in [0.15, 0.2) is 40.5 Å². The van der Waals surface area contributed by atoms with Crippen molar-refractivity contribution in [2.24, 2.45) is 0 Å². The molecular formula is C11H6F2N2O2S. The first-order chi connectivity index (χ1) is 8.56. The van der Waals surface area contributed by atoms with E-state index in [9.17, 15) is 13.6 Å². The van der Waals surface area contributed by atoms with E-state index in [0.29, 0.717) is 0 Å². The fourth-order valence-electron chi connectivity index (χ4n) is 1.15. The third-order valence-electron chi connectivity index (χ3n) is 1.96.